The molecule has 1 unspecified atom stereocenters. The van der Waals surface area contributed by atoms with Crippen LogP contribution in [0.25, 0.3) is 0 Å². The number of carbonyl (C=O) groups excluding carboxylic acids is 2. The van der Waals surface area contributed by atoms with Crippen molar-refractivity contribution >= 4 is 12.0 Å². The van der Waals surface area contributed by atoms with Crippen LogP contribution in [0, 0.1) is 0 Å². The quantitative estimate of drug-likeness (QED) is 0.701. The molecule has 9 nitrogen and oxygen atoms in total. The molecule has 3 heterocycles. The van der Waals surface area contributed by atoms with Crippen LogP contribution in [0.4, 0.5) is 4.79 Å². The van der Waals surface area contributed by atoms with Gasteiger partial charge in [0.25, 0.3) is 11.5 Å². The summed E-state index contributed by atoms with van der Waals surface area (Å²) in [7, 11) is 2.83. The molecule has 1 aromatic rings. The summed E-state index contributed by atoms with van der Waals surface area (Å²) in [5.74, 6) is -0.390. The predicted molar refractivity (Wildman–Crippen MR) is 83.9 cm³/mol. The lowest BCUT2D eigenvalue weighted by molar-refractivity contribution is 0.0353. The second-order valence-corrected chi connectivity index (χ2v) is 6.28. The SMILES string of the molecule is CCC12COC(=O)N1CCN(C(=O)c1cc(=O)n(C)c(=O)n1C)C2. The van der Waals surface area contributed by atoms with Gasteiger partial charge in [0.1, 0.15) is 12.3 Å². The molecule has 24 heavy (non-hydrogen) atoms. The molecule has 130 valence electrons. The van der Waals surface area contributed by atoms with E-state index in [0.717, 1.165) is 4.57 Å². The zero-order valence-corrected chi connectivity index (χ0v) is 13.9. The number of hydrogen-bond acceptors (Lipinski definition) is 5. The number of fused-ring (bicyclic) bond motifs is 1. The highest BCUT2D eigenvalue weighted by molar-refractivity contribution is 5.92. The third-order valence-electron chi connectivity index (χ3n) is 5.03. The average molecular weight is 336 g/mol. The molecule has 1 atom stereocenters. The van der Waals surface area contributed by atoms with Crippen LogP contribution in [0.3, 0.4) is 0 Å². The van der Waals surface area contributed by atoms with Crippen molar-refractivity contribution in [2.24, 2.45) is 14.1 Å². The number of amides is 2. The number of aromatic nitrogens is 2. The molecule has 2 fully saturated rings. The van der Waals surface area contributed by atoms with Crippen LogP contribution in [-0.2, 0) is 18.8 Å². The van der Waals surface area contributed by atoms with Crippen LogP contribution >= 0.6 is 0 Å². The van der Waals surface area contributed by atoms with E-state index in [0.29, 0.717) is 26.1 Å². The van der Waals surface area contributed by atoms with Crippen molar-refractivity contribution < 1.29 is 14.3 Å². The Morgan fingerprint density at radius 1 is 1.21 bits per heavy atom. The van der Waals surface area contributed by atoms with Crippen molar-refractivity contribution in [3.8, 4) is 0 Å². The van der Waals surface area contributed by atoms with Crippen molar-refractivity contribution in [1.29, 1.82) is 0 Å². The number of carbonyl (C=O) groups is 2. The largest absolute Gasteiger partial charge is 0.447 e. The molecular weight excluding hydrogens is 316 g/mol. The number of rotatable bonds is 2. The van der Waals surface area contributed by atoms with Crippen LogP contribution in [0.2, 0.25) is 0 Å². The van der Waals surface area contributed by atoms with Gasteiger partial charge in [-0.25, -0.2) is 9.59 Å². The molecule has 1 aromatic heterocycles. The van der Waals surface area contributed by atoms with E-state index in [-0.39, 0.29) is 24.3 Å². The molecule has 0 N–H and O–H groups in total. The van der Waals surface area contributed by atoms with E-state index in [2.05, 4.69) is 0 Å². The Labute approximate surface area is 138 Å². The fourth-order valence-electron chi connectivity index (χ4n) is 3.34. The fourth-order valence-corrected chi connectivity index (χ4v) is 3.34. The van der Waals surface area contributed by atoms with Gasteiger partial charge in [-0.2, -0.15) is 0 Å². The third-order valence-corrected chi connectivity index (χ3v) is 5.03. The maximum absolute atomic E-state index is 12.8. The molecule has 0 aliphatic carbocycles. The van der Waals surface area contributed by atoms with Gasteiger partial charge in [-0.15, -0.1) is 0 Å². The molecule has 2 aliphatic rings. The molecule has 2 aliphatic heterocycles. The highest BCUT2D eigenvalue weighted by Crippen LogP contribution is 2.32. The lowest BCUT2D eigenvalue weighted by Crippen LogP contribution is -2.62. The maximum Gasteiger partial charge on any atom is 0.410 e. The summed E-state index contributed by atoms with van der Waals surface area (Å²) >= 11 is 0. The van der Waals surface area contributed by atoms with Crippen LogP contribution in [0.5, 0.6) is 0 Å². The first-order valence-electron chi connectivity index (χ1n) is 7.81. The van der Waals surface area contributed by atoms with E-state index < -0.39 is 16.8 Å². The highest BCUT2D eigenvalue weighted by atomic mass is 16.6. The molecule has 3 rings (SSSR count). The Hall–Kier alpha value is -2.58. The van der Waals surface area contributed by atoms with Crippen LogP contribution in [0.1, 0.15) is 23.8 Å². The normalized spacial score (nSPS) is 23.2. The van der Waals surface area contributed by atoms with Gasteiger partial charge in [0, 0.05) is 39.8 Å². The van der Waals surface area contributed by atoms with Gasteiger partial charge in [-0.3, -0.25) is 23.6 Å². The Kier molecular flexibility index (Phi) is 3.73. The summed E-state index contributed by atoms with van der Waals surface area (Å²) in [6.07, 6.45) is 0.294. The molecule has 0 bridgehead atoms. The first kappa shape index (κ1) is 16.3. The molecule has 2 amide bonds. The lowest BCUT2D eigenvalue weighted by atomic mass is 9.92. The summed E-state index contributed by atoms with van der Waals surface area (Å²) in [4.78, 5) is 51.8. The first-order valence-corrected chi connectivity index (χ1v) is 7.81. The maximum atomic E-state index is 12.8. The summed E-state index contributed by atoms with van der Waals surface area (Å²) in [5.41, 5.74) is -1.56. The van der Waals surface area contributed by atoms with Crippen molar-refractivity contribution in [2.75, 3.05) is 26.2 Å². The second kappa shape index (κ2) is 5.50. The Morgan fingerprint density at radius 3 is 2.58 bits per heavy atom. The third kappa shape index (κ3) is 2.22. The summed E-state index contributed by atoms with van der Waals surface area (Å²) in [6.45, 7) is 3.20. The lowest BCUT2D eigenvalue weighted by Gasteiger charge is -2.44. The van der Waals surface area contributed by atoms with Gasteiger partial charge in [0.15, 0.2) is 0 Å². The van der Waals surface area contributed by atoms with Crippen LogP contribution in [0.15, 0.2) is 15.7 Å². The summed E-state index contributed by atoms with van der Waals surface area (Å²) in [5, 5.41) is 0. The molecule has 0 saturated carbocycles. The zero-order valence-electron chi connectivity index (χ0n) is 13.9. The molecule has 0 aromatic carbocycles. The molecule has 2 saturated heterocycles. The van der Waals surface area contributed by atoms with Crippen LogP contribution < -0.4 is 11.2 Å². The molecule has 0 spiro atoms. The van der Waals surface area contributed by atoms with E-state index in [1.165, 1.54) is 24.7 Å². The Morgan fingerprint density at radius 2 is 1.92 bits per heavy atom. The zero-order chi connectivity index (χ0) is 17.6. The highest BCUT2D eigenvalue weighted by Gasteiger charge is 2.50. The van der Waals surface area contributed by atoms with Crippen molar-refractivity contribution in [3.63, 3.8) is 0 Å². The second-order valence-electron chi connectivity index (χ2n) is 6.28. The minimum atomic E-state index is -0.547. The monoisotopic (exact) mass is 336 g/mol. The van der Waals surface area contributed by atoms with E-state index in [1.807, 2.05) is 6.92 Å². The molecule has 9 heteroatoms. The number of cyclic esters (lactones) is 1. The molecular formula is C15H20N4O5. The standard InChI is InChI=1S/C15H20N4O5/c1-4-15-8-18(5-6-19(15)14(23)24-9-15)12(21)10-7-11(20)17(3)13(22)16(10)2/h7H,4-6,8-9H2,1-3H3. The van der Waals surface area contributed by atoms with Gasteiger partial charge in [0.2, 0.25) is 0 Å². The fraction of sp³-hybridized carbons (Fsp3) is 0.600. The number of piperazine rings is 1. The van der Waals surface area contributed by atoms with Gasteiger partial charge >= 0.3 is 11.8 Å². The smallest absolute Gasteiger partial charge is 0.410 e. The van der Waals surface area contributed by atoms with Crippen molar-refractivity contribution in [1.82, 2.24) is 18.9 Å². The predicted octanol–water partition coefficient (Wildman–Crippen LogP) is -0.859. The van der Waals surface area contributed by atoms with Crippen LogP contribution in [-0.4, -0.2) is 62.7 Å². The van der Waals surface area contributed by atoms with Crippen molar-refractivity contribution in [3.05, 3.63) is 32.6 Å². The molecule has 0 radical (unpaired) electrons. The minimum absolute atomic E-state index is 0.0491. The topological polar surface area (TPSA) is 93.8 Å². The minimum Gasteiger partial charge on any atom is -0.447 e. The van der Waals surface area contributed by atoms with Gasteiger partial charge in [-0.1, -0.05) is 6.92 Å². The van der Waals surface area contributed by atoms with E-state index in [9.17, 15) is 19.2 Å². The van der Waals surface area contributed by atoms with Gasteiger partial charge in [-0.05, 0) is 6.42 Å². The van der Waals surface area contributed by atoms with E-state index >= 15 is 0 Å². The van der Waals surface area contributed by atoms with E-state index in [4.69, 9.17) is 4.74 Å². The first-order chi connectivity index (χ1) is 11.3. The van der Waals surface area contributed by atoms with E-state index in [1.54, 1.807) is 9.80 Å². The van der Waals surface area contributed by atoms with Crippen molar-refractivity contribution in [2.45, 2.75) is 18.9 Å². The number of hydrogen-bond donors (Lipinski definition) is 0. The Balaban J connectivity index is 1.94. The summed E-state index contributed by atoms with van der Waals surface area (Å²) in [6, 6.07) is 1.17. The summed E-state index contributed by atoms with van der Waals surface area (Å²) < 4.78 is 7.27. The Bertz CT molecular complexity index is 826. The number of ether oxygens (including phenoxy) is 1. The number of nitrogens with zero attached hydrogens (tertiary/aromatic N) is 4. The average Bonchev–Trinajstić information content (AvgIpc) is 2.92. The van der Waals surface area contributed by atoms with Gasteiger partial charge in [0.05, 0.1) is 5.54 Å². The van der Waals surface area contributed by atoms with Gasteiger partial charge < -0.3 is 9.64 Å².